The number of morpholine rings is 1. The molecule has 1 atom stereocenters. The van der Waals surface area contributed by atoms with Crippen molar-refractivity contribution in [2.45, 2.75) is 31.7 Å². The second kappa shape index (κ2) is 7.46. The topological polar surface area (TPSA) is 50.6 Å². The van der Waals surface area contributed by atoms with Gasteiger partial charge >= 0.3 is 6.18 Å². The first-order valence-electron chi connectivity index (χ1n) is 9.25. The molecule has 0 radical (unpaired) electrons. The van der Waals surface area contributed by atoms with Gasteiger partial charge in [0.2, 0.25) is 5.95 Å². The lowest BCUT2D eigenvalue weighted by Crippen LogP contribution is -2.52. The molecule has 2 aliphatic heterocycles. The number of aromatic nitrogens is 2. The summed E-state index contributed by atoms with van der Waals surface area (Å²) in [7, 11) is 0. The summed E-state index contributed by atoms with van der Waals surface area (Å²) in [5.41, 5.74) is 0.404. The summed E-state index contributed by atoms with van der Waals surface area (Å²) in [5.74, 6) is 0.479. The van der Waals surface area contributed by atoms with Gasteiger partial charge in [0.15, 0.2) is 0 Å². The first-order chi connectivity index (χ1) is 13.4. The Morgan fingerprint density at radius 3 is 2.50 bits per heavy atom. The van der Waals surface area contributed by atoms with Crippen LogP contribution in [0.5, 0.6) is 0 Å². The van der Waals surface area contributed by atoms with E-state index in [9.17, 15) is 18.0 Å². The van der Waals surface area contributed by atoms with Crippen molar-refractivity contribution in [2.24, 2.45) is 0 Å². The Hall–Kier alpha value is -2.55. The Labute approximate surface area is 160 Å². The molecule has 28 heavy (non-hydrogen) atoms. The normalized spacial score (nSPS) is 20.2. The summed E-state index contributed by atoms with van der Waals surface area (Å²) in [4.78, 5) is 20.2. The van der Waals surface area contributed by atoms with Gasteiger partial charge in [-0.3, -0.25) is 9.36 Å². The van der Waals surface area contributed by atoms with Crippen molar-refractivity contribution in [1.82, 2.24) is 9.55 Å². The lowest BCUT2D eigenvalue weighted by atomic mass is 10.1. The van der Waals surface area contributed by atoms with Crippen LogP contribution in [-0.2, 0) is 17.8 Å². The Balaban J connectivity index is 1.77. The van der Waals surface area contributed by atoms with Gasteiger partial charge in [-0.15, -0.1) is 0 Å². The summed E-state index contributed by atoms with van der Waals surface area (Å²) in [6.45, 7) is 2.14. The fourth-order valence-electron chi connectivity index (χ4n) is 3.71. The molecule has 4 rings (SSSR count). The lowest BCUT2D eigenvalue weighted by Gasteiger charge is -2.39. The van der Waals surface area contributed by atoms with E-state index < -0.39 is 12.2 Å². The van der Waals surface area contributed by atoms with Gasteiger partial charge in [-0.05, 0) is 12.0 Å². The Morgan fingerprint density at radius 2 is 1.82 bits per heavy atom. The van der Waals surface area contributed by atoms with Crippen molar-refractivity contribution in [3.05, 3.63) is 52.3 Å². The second-order valence-corrected chi connectivity index (χ2v) is 6.96. The minimum atomic E-state index is -4.41. The van der Waals surface area contributed by atoms with Gasteiger partial charge in [-0.1, -0.05) is 30.3 Å². The van der Waals surface area contributed by atoms with Crippen molar-refractivity contribution in [3.8, 4) is 0 Å². The number of benzene rings is 1. The minimum Gasteiger partial charge on any atom is -0.378 e. The molecular weight excluding hydrogens is 373 g/mol. The zero-order valence-electron chi connectivity index (χ0n) is 15.2. The summed E-state index contributed by atoms with van der Waals surface area (Å²) in [6, 6.07) is 8.66. The molecule has 0 amide bonds. The molecule has 1 aromatic heterocycles. The van der Waals surface area contributed by atoms with E-state index in [1.165, 1.54) is 15.5 Å². The Bertz CT molecular complexity index is 879. The molecule has 0 spiro atoms. The number of ether oxygens (including phenoxy) is 1. The first-order valence-corrected chi connectivity index (χ1v) is 9.25. The Morgan fingerprint density at radius 1 is 1.11 bits per heavy atom. The molecular formula is C19H21F3N4O2. The molecule has 0 N–H and O–H groups in total. The van der Waals surface area contributed by atoms with Crippen LogP contribution >= 0.6 is 0 Å². The minimum absolute atomic E-state index is 0.0000239. The second-order valence-electron chi connectivity index (χ2n) is 6.96. The summed E-state index contributed by atoms with van der Waals surface area (Å²) < 4.78 is 47.9. The zero-order chi connectivity index (χ0) is 19.7. The SMILES string of the molecule is O=c1cc(N2CCOCC2)nc2n1CCC(C(F)(F)F)N2Cc1ccccc1. The molecule has 150 valence electrons. The highest BCUT2D eigenvalue weighted by molar-refractivity contribution is 5.47. The number of hydrogen-bond acceptors (Lipinski definition) is 5. The molecule has 0 bridgehead atoms. The van der Waals surface area contributed by atoms with E-state index >= 15 is 0 Å². The van der Waals surface area contributed by atoms with Gasteiger partial charge in [0.1, 0.15) is 11.9 Å². The van der Waals surface area contributed by atoms with E-state index in [-0.39, 0.29) is 31.0 Å². The number of fused-ring (bicyclic) bond motifs is 1. The quantitative estimate of drug-likeness (QED) is 0.800. The van der Waals surface area contributed by atoms with Gasteiger partial charge in [0.25, 0.3) is 5.56 Å². The molecule has 6 nitrogen and oxygen atoms in total. The van der Waals surface area contributed by atoms with Crippen molar-refractivity contribution in [1.29, 1.82) is 0 Å². The van der Waals surface area contributed by atoms with Gasteiger partial charge in [-0.2, -0.15) is 18.2 Å². The molecule has 1 fully saturated rings. The van der Waals surface area contributed by atoms with Gasteiger partial charge in [0.05, 0.1) is 13.2 Å². The molecule has 0 aliphatic carbocycles. The van der Waals surface area contributed by atoms with E-state index in [1.54, 1.807) is 24.3 Å². The molecule has 0 saturated carbocycles. The number of hydrogen-bond donors (Lipinski definition) is 0. The average molecular weight is 394 g/mol. The molecule has 9 heteroatoms. The predicted molar refractivity (Wildman–Crippen MR) is 98.6 cm³/mol. The number of rotatable bonds is 3. The van der Waals surface area contributed by atoms with Crippen molar-refractivity contribution in [2.75, 3.05) is 36.1 Å². The molecule has 1 saturated heterocycles. The van der Waals surface area contributed by atoms with Crippen LogP contribution in [0.4, 0.5) is 24.9 Å². The first kappa shape index (κ1) is 18.8. The van der Waals surface area contributed by atoms with E-state index in [0.29, 0.717) is 32.1 Å². The lowest BCUT2D eigenvalue weighted by molar-refractivity contribution is -0.153. The third-order valence-corrected chi connectivity index (χ3v) is 5.14. The van der Waals surface area contributed by atoms with Crippen molar-refractivity contribution in [3.63, 3.8) is 0 Å². The predicted octanol–water partition coefficient (Wildman–Crippen LogP) is 2.42. The maximum Gasteiger partial charge on any atom is 0.408 e. The largest absolute Gasteiger partial charge is 0.408 e. The number of anilines is 2. The van der Waals surface area contributed by atoms with Crippen LogP contribution in [0.1, 0.15) is 12.0 Å². The van der Waals surface area contributed by atoms with Crippen LogP contribution in [0, 0.1) is 0 Å². The molecule has 2 aliphatic rings. The fraction of sp³-hybridized carbons (Fsp3) is 0.474. The summed E-state index contributed by atoms with van der Waals surface area (Å²) in [5, 5.41) is 0. The molecule has 3 heterocycles. The van der Waals surface area contributed by atoms with Gasteiger partial charge in [-0.25, -0.2) is 0 Å². The van der Waals surface area contributed by atoms with Crippen LogP contribution in [0.2, 0.25) is 0 Å². The van der Waals surface area contributed by atoms with Crippen molar-refractivity contribution >= 4 is 11.8 Å². The van der Waals surface area contributed by atoms with Crippen LogP contribution < -0.4 is 15.4 Å². The molecule has 1 aromatic carbocycles. The molecule has 1 unspecified atom stereocenters. The number of nitrogens with zero attached hydrogens (tertiary/aromatic N) is 4. The zero-order valence-corrected chi connectivity index (χ0v) is 15.2. The van der Waals surface area contributed by atoms with E-state index in [0.717, 1.165) is 5.56 Å². The van der Waals surface area contributed by atoms with Crippen molar-refractivity contribution < 1.29 is 17.9 Å². The Kier molecular flexibility index (Phi) is 5.01. The average Bonchev–Trinajstić information content (AvgIpc) is 2.69. The highest BCUT2D eigenvalue weighted by atomic mass is 19.4. The van der Waals surface area contributed by atoms with E-state index in [2.05, 4.69) is 4.98 Å². The number of alkyl halides is 3. The van der Waals surface area contributed by atoms with Crippen LogP contribution in [0.15, 0.2) is 41.2 Å². The molecule has 2 aromatic rings. The van der Waals surface area contributed by atoms with Gasteiger partial charge in [0, 0.05) is 32.2 Å². The maximum atomic E-state index is 13.8. The van der Waals surface area contributed by atoms with Crippen LogP contribution in [0.3, 0.4) is 0 Å². The standard InChI is InChI=1S/C19H21F3N4O2/c20-19(21,22)15-6-7-25-17(27)12-16(24-8-10-28-11-9-24)23-18(25)26(15)13-14-4-2-1-3-5-14/h1-5,12,15H,6-11,13H2. The van der Waals surface area contributed by atoms with E-state index in [4.69, 9.17) is 4.74 Å². The van der Waals surface area contributed by atoms with E-state index in [1.807, 2.05) is 11.0 Å². The highest BCUT2D eigenvalue weighted by Crippen LogP contribution is 2.35. The third-order valence-electron chi connectivity index (χ3n) is 5.14. The summed E-state index contributed by atoms with van der Waals surface area (Å²) >= 11 is 0. The smallest absolute Gasteiger partial charge is 0.378 e. The maximum absolute atomic E-state index is 13.8. The highest BCUT2D eigenvalue weighted by Gasteiger charge is 2.46. The van der Waals surface area contributed by atoms with Crippen LogP contribution in [-0.4, -0.2) is 48.1 Å². The fourth-order valence-corrected chi connectivity index (χ4v) is 3.71. The number of halogens is 3. The monoisotopic (exact) mass is 394 g/mol. The third kappa shape index (κ3) is 3.71. The summed E-state index contributed by atoms with van der Waals surface area (Å²) in [6.07, 6.45) is -4.59. The van der Waals surface area contributed by atoms with Crippen LogP contribution in [0.25, 0.3) is 0 Å². The van der Waals surface area contributed by atoms with Gasteiger partial charge < -0.3 is 14.5 Å².